The molecule has 0 saturated heterocycles. The topological polar surface area (TPSA) is 89.2 Å². The zero-order valence-electron chi connectivity index (χ0n) is 19.2. The summed E-state index contributed by atoms with van der Waals surface area (Å²) >= 11 is 0. The van der Waals surface area contributed by atoms with Gasteiger partial charge in [0.15, 0.2) is 16.9 Å². The lowest BCUT2D eigenvalue weighted by atomic mass is 9.97. The minimum Gasteiger partial charge on any atom is -0.493 e. The SMILES string of the molecule is CCCCOc1ccc(C2c3c(oc4ccc(C)cc4c3=O)C(=O)N2CCCO)cc1OC. The van der Waals surface area contributed by atoms with Crippen molar-refractivity contribution in [2.24, 2.45) is 0 Å². The fraction of sp³-hybridized carbons (Fsp3) is 0.385. The van der Waals surface area contributed by atoms with Crippen molar-refractivity contribution in [2.75, 3.05) is 26.9 Å². The van der Waals surface area contributed by atoms with E-state index in [-0.39, 0.29) is 30.2 Å². The van der Waals surface area contributed by atoms with Crippen LogP contribution in [0.1, 0.15) is 59.5 Å². The van der Waals surface area contributed by atoms with Crippen molar-refractivity contribution in [3.63, 3.8) is 0 Å². The number of methoxy groups -OCH3 is 1. The summed E-state index contributed by atoms with van der Waals surface area (Å²) in [5, 5.41) is 9.83. The third-order valence-corrected chi connectivity index (χ3v) is 5.94. The van der Waals surface area contributed by atoms with Crippen LogP contribution in [0.3, 0.4) is 0 Å². The Kier molecular flexibility index (Phi) is 6.70. The normalized spacial score (nSPS) is 15.2. The summed E-state index contributed by atoms with van der Waals surface area (Å²) in [7, 11) is 1.56. The van der Waals surface area contributed by atoms with Gasteiger partial charge in [-0.15, -0.1) is 0 Å². The van der Waals surface area contributed by atoms with Crippen LogP contribution in [0.2, 0.25) is 0 Å². The summed E-state index contributed by atoms with van der Waals surface area (Å²) < 4.78 is 17.3. The number of fused-ring (bicyclic) bond motifs is 2. The van der Waals surface area contributed by atoms with Crippen LogP contribution in [-0.4, -0.2) is 42.8 Å². The lowest BCUT2D eigenvalue weighted by molar-refractivity contribution is 0.0716. The minimum atomic E-state index is -0.640. The number of ether oxygens (including phenoxy) is 2. The van der Waals surface area contributed by atoms with Crippen molar-refractivity contribution >= 4 is 16.9 Å². The highest BCUT2D eigenvalue weighted by atomic mass is 16.5. The van der Waals surface area contributed by atoms with Crippen LogP contribution >= 0.6 is 0 Å². The molecule has 0 spiro atoms. The standard InChI is InChI=1S/C26H29NO6/c1-4-5-13-32-20-10-8-17(15-21(20)31-3)23-22-24(29)18-14-16(2)7-9-19(18)33-25(22)26(30)27(23)11-6-12-28/h7-10,14-15,23,28H,4-6,11-13H2,1-3H3. The van der Waals surface area contributed by atoms with Crippen LogP contribution in [-0.2, 0) is 0 Å². The summed E-state index contributed by atoms with van der Waals surface area (Å²) in [5.41, 5.74) is 2.14. The molecule has 33 heavy (non-hydrogen) atoms. The first kappa shape index (κ1) is 22.9. The lowest BCUT2D eigenvalue weighted by Gasteiger charge is -2.25. The van der Waals surface area contributed by atoms with Crippen LogP contribution in [0, 0.1) is 6.92 Å². The number of carbonyl (C=O) groups is 1. The Morgan fingerprint density at radius 1 is 1.09 bits per heavy atom. The minimum absolute atomic E-state index is 0.0570. The second-order valence-electron chi connectivity index (χ2n) is 8.26. The van der Waals surface area contributed by atoms with Gasteiger partial charge in [-0.25, -0.2) is 0 Å². The van der Waals surface area contributed by atoms with Crippen molar-refractivity contribution in [3.8, 4) is 11.5 Å². The lowest BCUT2D eigenvalue weighted by Crippen LogP contribution is -2.31. The average molecular weight is 452 g/mol. The number of carbonyl (C=O) groups excluding carboxylic acids is 1. The number of aliphatic hydroxyl groups excluding tert-OH is 1. The van der Waals surface area contributed by atoms with Gasteiger partial charge in [0.25, 0.3) is 5.91 Å². The van der Waals surface area contributed by atoms with E-state index < -0.39 is 6.04 Å². The maximum atomic E-state index is 13.6. The zero-order chi connectivity index (χ0) is 23.5. The van der Waals surface area contributed by atoms with Crippen LogP contribution in [0.5, 0.6) is 11.5 Å². The van der Waals surface area contributed by atoms with E-state index in [1.165, 1.54) is 0 Å². The van der Waals surface area contributed by atoms with Crippen LogP contribution in [0.15, 0.2) is 45.6 Å². The molecule has 1 atom stereocenters. The second kappa shape index (κ2) is 9.67. The van der Waals surface area contributed by atoms with Gasteiger partial charge in [-0.2, -0.15) is 0 Å². The molecule has 0 bridgehead atoms. The van der Waals surface area contributed by atoms with E-state index in [2.05, 4.69) is 6.92 Å². The summed E-state index contributed by atoms with van der Waals surface area (Å²) in [6.45, 7) is 4.80. The van der Waals surface area contributed by atoms with Crippen molar-refractivity contribution in [1.82, 2.24) is 4.90 Å². The summed E-state index contributed by atoms with van der Waals surface area (Å²) in [5.74, 6) is 0.849. The molecular weight excluding hydrogens is 422 g/mol. The molecule has 0 aliphatic carbocycles. The van der Waals surface area contributed by atoms with Crippen LogP contribution in [0.4, 0.5) is 0 Å². The predicted molar refractivity (Wildman–Crippen MR) is 125 cm³/mol. The van der Waals surface area contributed by atoms with Gasteiger partial charge in [0.2, 0.25) is 5.76 Å². The largest absolute Gasteiger partial charge is 0.493 e. The molecule has 0 radical (unpaired) electrons. The Labute approximate surface area is 192 Å². The summed E-state index contributed by atoms with van der Waals surface area (Å²) in [6.07, 6.45) is 2.33. The van der Waals surface area contributed by atoms with E-state index in [1.807, 2.05) is 25.1 Å². The highest BCUT2D eigenvalue weighted by molar-refractivity contribution is 5.99. The molecule has 0 fully saturated rings. The van der Waals surface area contributed by atoms with E-state index in [4.69, 9.17) is 13.9 Å². The summed E-state index contributed by atoms with van der Waals surface area (Å²) in [4.78, 5) is 28.5. The quantitative estimate of drug-likeness (QED) is 0.490. The van der Waals surface area contributed by atoms with Gasteiger partial charge in [0, 0.05) is 13.2 Å². The zero-order valence-corrected chi connectivity index (χ0v) is 19.2. The predicted octanol–water partition coefficient (Wildman–Crippen LogP) is 4.22. The maximum Gasteiger partial charge on any atom is 0.290 e. The van der Waals surface area contributed by atoms with E-state index in [0.717, 1.165) is 24.0 Å². The Morgan fingerprint density at radius 3 is 2.64 bits per heavy atom. The third-order valence-electron chi connectivity index (χ3n) is 5.94. The van der Waals surface area contributed by atoms with Gasteiger partial charge >= 0.3 is 0 Å². The molecule has 1 amide bonds. The Balaban J connectivity index is 1.85. The number of aryl methyl sites for hydroxylation is 1. The smallest absolute Gasteiger partial charge is 0.290 e. The number of hydrogen-bond acceptors (Lipinski definition) is 6. The second-order valence-corrected chi connectivity index (χ2v) is 8.26. The Hall–Kier alpha value is -3.32. The van der Waals surface area contributed by atoms with Gasteiger partial charge in [0.1, 0.15) is 5.58 Å². The van der Waals surface area contributed by atoms with E-state index in [0.29, 0.717) is 41.1 Å². The van der Waals surface area contributed by atoms with Gasteiger partial charge in [-0.3, -0.25) is 9.59 Å². The molecule has 2 heterocycles. The molecule has 0 saturated carbocycles. The average Bonchev–Trinajstić information content (AvgIpc) is 3.10. The van der Waals surface area contributed by atoms with Gasteiger partial charge in [0.05, 0.1) is 30.7 Å². The van der Waals surface area contributed by atoms with Crippen LogP contribution in [0.25, 0.3) is 11.0 Å². The molecule has 1 aromatic heterocycles. The number of aliphatic hydroxyl groups is 1. The molecule has 1 unspecified atom stereocenters. The molecule has 7 nitrogen and oxygen atoms in total. The van der Waals surface area contributed by atoms with Crippen molar-refractivity contribution < 1.29 is 23.8 Å². The highest BCUT2D eigenvalue weighted by Gasteiger charge is 2.42. The number of nitrogens with zero attached hydrogens (tertiary/aromatic N) is 1. The van der Waals surface area contributed by atoms with Gasteiger partial charge in [-0.1, -0.05) is 31.0 Å². The fourth-order valence-corrected chi connectivity index (χ4v) is 4.25. The number of hydrogen-bond donors (Lipinski definition) is 1. The summed E-state index contributed by atoms with van der Waals surface area (Å²) in [6, 6.07) is 10.2. The number of benzene rings is 2. The monoisotopic (exact) mass is 451 g/mol. The Morgan fingerprint density at radius 2 is 1.91 bits per heavy atom. The first-order chi connectivity index (χ1) is 16.0. The molecular formula is C26H29NO6. The third kappa shape index (κ3) is 4.20. The molecule has 7 heteroatoms. The molecule has 1 aliphatic rings. The first-order valence-electron chi connectivity index (χ1n) is 11.3. The van der Waals surface area contributed by atoms with E-state index >= 15 is 0 Å². The maximum absolute atomic E-state index is 13.6. The molecule has 1 N–H and O–H groups in total. The molecule has 2 aromatic carbocycles. The van der Waals surface area contributed by atoms with Crippen molar-refractivity contribution in [2.45, 2.75) is 39.2 Å². The number of amides is 1. The van der Waals surface area contributed by atoms with E-state index in [9.17, 15) is 14.7 Å². The number of rotatable bonds is 9. The van der Waals surface area contributed by atoms with E-state index in [1.54, 1.807) is 30.2 Å². The number of unbranched alkanes of at least 4 members (excludes halogenated alkanes) is 1. The fourth-order valence-electron chi connectivity index (χ4n) is 4.25. The van der Waals surface area contributed by atoms with Gasteiger partial charge in [-0.05, 0) is 49.6 Å². The van der Waals surface area contributed by atoms with Gasteiger partial charge < -0.3 is 23.9 Å². The molecule has 3 aromatic rings. The van der Waals surface area contributed by atoms with Crippen molar-refractivity contribution in [3.05, 3.63) is 69.1 Å². The van der Waals surface area contributed by atoms with Crippen LogP contribution < -0.4 is 14.9 Å². The molecule has 4 rings (SSSR count). The highest BCUT2D eigenvalue weighted by Crippen LogP contribution is 2.41. The van der Waals surface area contributed by atoms with Crippen molar-refractivity contribution in [1.29, 1.82) is 0 Å². The molecule has 174 valence electrons. The Bertz CT molecular complexity index is 1230. The molecule has 1 aliphatic heterocycles. The first-order valence-corrected chi connectivity index (χ1v) is 11.3.